The predicted molar refractivity (Wildman–Crippen MR) is 134 cm³/mol. The van der Waals surface area contributed by atoms with Gasteiger partial charge in [-0.3, -0.25) is 14.3 Å². The molecule has 0 N–H and O–H groups in total. The Hall–Kier alpha value is -2.29. The highest BCUT2D eigenvalue weighted by molar-refractivity contribution is 6.33. The number of carbonyl (C=O) groups is 2. The van der Waals surface area contributed by atoms with Gasteiger partial charge in [0.2, 0.25) is 5.91 Å². The standard InChI is InChI=1S/C25H32Cl2N4O4/c1-2-8-31-17-21(27)23(28-31)24(33)30-9-6-25(7-10-30,16-22(32)29-11-13-34-14-12-29)18-35-20-5-3-4-19(26)15-20/h3-5,15,17H,2,6-14,16,18H2,1H3. The molecule has 2 aliphatic heterocycles. The Morgan fingerprint density at radius 3 is 2.54 bits per heavy atom. The number of likely N-dealkylation sites (tertiary alicyclic amines) is 1. The molecule has 0 spiro atoms. The number of aryl methyl sites for hydroxylation is 1. The van der Waals surface area contributed by atoms with Crippen LogP contribution in [0.15, 0.2) is 30.5 Å². The summed E-state index contributed by atoms with van der Waals surface area (Å²) in [5, 5.41) is 5.35. The molecule has 0 bridgehead atoms. The van der Waals surface area contributed by atoms with Crippen LogP contribution in [-0.4, -0.2) is 77.4 Å². The second-order valence-electron chi connectivity index (χ2n) is 9.30. The Morgan fingerprint density at radius 2 is 1.86 bits per heavy atom. The molecule has 2 fully saturated rings. The molecule has 0 saturated carbocycles. The minimum atomic E-state index is -0.389. The van der Waals surface area contributed by atoms with Gasteiger partial charge in [0.15, 0.2) is 5.69 Å². The number of nitrogens with zero attached hydrogens (tertiary/aromatic N) is 4. The fraction of sp³-hybridized carbons (Fsp3) is 0.560. The highest BCUT2D eigenvalue weighted by Gasteiger charge is 2.40. The van der Waals surface area contributed by atoms with Gasteiger partial charge in [-0.15, -0.1) is 0 Å². The molecule has 1 aromatic carbocycles. The van der Waals surface area contributed by atoms with Crippen LogP contribution in [0.25, 0.3) is 0 Å². The molecule has 4 rings (SSSR count). The van der Waals surface area contributed by atoms with Crippen molar-refractivity contribution in [2.45, 2.75) is 39.2 Å². The first kappa shape index (κ1) is 25.8. The molecule has 0 aliphatic carbocycles. The second-order valence-corrected chi connectivity index (χ2v) is 10.1. The SMILES string of the molecule is CCCn1cc(Cl)c(C(=O)N2CCC(COc3cccc(Cl)c3)(CC(=O)N3CCOCC3)CC2)n1. The first-order valence-corrected chi connectivity index (χ1v) is 12.9. The lowest BCUT2D eigenvalue weighted by atomic mass is 9.75. The number of rotatable bonds is 8. The van der Waals surface area contributed by atoms with Crippen LogP contribution < -0.4 is 4.74 Å². The summed E-state index contributed by atoms with van der Waals surface area (Å²) in [5.74, 6) is 0.597. The molecular weight excluding hydrogens is 491 g/mol. The molecule has 35 heavy (non-hydrogen) atoms. The third-order valence-electron chi connectivity index (χ3n) is 6.71. The van der Waals surface area contributed by atoms with Crippen molar-refractivity contribution in [3.63, 3.8) is 0 Å². The first-order chi connectivity index (χ1) is 16.9. The molecule has 0 atom stereocenters. The van der Waals surface area contributed by atoms with Crippen molar-refractivity contribution < 1.29 is 19.1 Å². The van der Waals surface area contributed by atoms with Crippen LogP contribution in [0.2, 0.25) is 10.0 Å². The third-order valence-corrected chi connectivity index (χ3v) is 7.23. The van der Waals surface area contributed by atoms with E-state index in [2.05, 4.69) is 5.10 Å². The number of amides is 2. The second kappa shape index (κ2) is 11.6. The Balaban J connectivity index is 1.45. The van der Waals surface area contributed by atoms with E-state index in [0.29, 0.717) is 87.6 Å². The maximum absolute atomic E-state index is 13.2. The van der Waals surface area contributed by atoms with Crippen molar-refractivity contribution in [1.82, 2.24) is 19.6 Å². The molecule has 2 aliphatic rings. The number of hydrogen-bond donors (Lipinski definition) is 0. The van der Waals surface area contributed by atoms with E-state index in [1.165, 1.54) is 0 Å². The molecule has 2 amide bonds. The lowest BCUT2D eigenvalue weighted by Crippen LogP contribution is -2.49. The molecule has 1 aromatic heterocycles. The maximum Gasteiger partial charge on any atom is 0.275 e. The summed E-state index contributed by atoms with van der Waals surface area (Å²) >= 11 is 12.4. The van der Waals surface area contributed by atoms with Gasteiger partial charge in [0.25, 0.3) is 5.91 Å². The molecule has 2 saturated heterocycles. The Labute approximate surface area is 216 Å². The summed E-state index contributed by atoms with van der Waals surface area (Å²) in [6, 6.07) is 7.26. The number of piperidine rings is 1. The molecule has 2 aromatic rings. The van der Waals surface area contributed by atoms with Crippen molar-refractivity contribution in [3.8, 4) is 5.75 Å². The fourth-order valence-electron chi connectivity index (χ4n) is 4.63. The van der Waals surface area contributed by atoms with Gasteiger partial charge in [0.05, 0.1) is 24.8 Å². The van der Waals surface area contributed by atoms with E-state index in [0.717, 1.165) is 6.42 Å². The summed E-state index contributed by atoms with van der Waals surface area (Å²) in [4.78, 5) is 30.0. The van der Waals surface area contributed by atoms with E-state index in [1.54, 1.807) is 27.9 Å². The Morgan fingerprint density at radius 1 is 1.11 bits per heavy atom. The molecule has 0 unspecified atom stereocenters. The molecule has 3 heterocycles. The fourth-order valence-corrected chi connectivity index (χ4v) is 5.04. The highest BCUT2D eigenvalue weighted by atomic mass is 35.5. The molecule has 190 valence electrons. The first-order valence-electron chi connectivity index (χ1n) is 12.2. The van der Waals surface area contributed by atoms with Crippen LogP contribution in [0.4, 0.5) is 0 Å². The van der Waals surface area contributed by atoms with Gasteiger partial charge < -0.3 is 19.3 Å². The summed E-state index contributed by atoms with van der Waals surface area (Å²) in [7, 11) is 0. The van der Waals surface area contributed by atoms with E-state index in [1.807, 2.05) is 24.0 Å². The van der Waals surface area contributed by atoms with E-state index >= 15 is 0 Å². The van der Waals surface area contributed by atoms with Crippen LogP contribution in [0.5, 0.6) is 5.75 Å². The highest BCUT2D eigenvalue weighted by Crippen LogP contribution is 2.37. The summed E-state index contributed by atoms with van der Waals surface area (Å²) in [6.45, 7) is 6.47. The topological polar surface area (TPSA) is 76.9 Å². The number of aromatic nitrogens is 2. The monoisotopic (exact) mass is 522 g/mol. The predicted octanol–water partition coefficient (Wildman–Crippen LogP) is 4.15. The van der Waals surface area contributed by atoms with Crippen molar-refractivity contribution in [2.75, 3.05) is 46.0 Å². The average molecular weight is 523 g/mol. The van der Waals surface area contributed by atoms with Gasteiger partial charge in [-0.25, -0.2) is 0 Å². The minimum absolute atomic E-state index is 0.101. The number of halogens is 2. The Kier molecular flexibility index (Phi) is 8.57. The van der Waals surface area contributed by atoms with Gasteiger partial charge in [-0.05, 0) is 37.5 Å². The van der Waals surface area contributed by atoms with Gasteiger partial charge in [0.1, 0.15) is 5.75 Å². The lowest BCUT2D eigenvalue weighted by molar-refractivity contribution is -0.139. The quantitative estimate of drug-likeness (QED) is 0.520. The smallest absolute Gasteiger partial charge is 0.275 e. The number of ether oxygens (including phenoxy) is 2. The normalized spacial score (nSPS) is 17.9. The molecule has 0 radical (unpaired) electrons. The number of hydrogen-bond acceptors (Lipinski definition) is 5. The zero-order valence-corrected chi connectivity index (χ0v) is 21.6. The van der Waals surface area contributed by atoms with Gasteiger partial charge >= 0.3 is 0 Å². The summed E-state index contributed by atoms with van der Waals surface area (Å²) in [5.41, 5.74) is -0.105. The van der Waals surface area contributed by atoms with E-state index in [-0.39, 0.29) is 22.9 Å². The van der Waals surface area contributed by atoms with Crippen LogP contribution in [0, 0.1) is 5.41 Å². The maximum atomic E-state index is 13.2. The number of carbonyl (C=O) groups excluding carboxylic acids is 2. The van der Waals surface area contributed by atoms with Gasteiger partial charge in [0, 0.05) is 55.8 Å². The summed E-state index contributed by atoms with van der Waals surface area (Å²) < 4.78 is 13.2. The Bertz CT molecular complexity index is 1030. The lowest BCUT2D eigenvalue weighted by Gasteiger charge is -2.42. The molecule has 10 heteroatoms. The van der Waals surface area contributed by atoms with Gasteiger partial charge in [-0.2, -0.15) is 5.10 Å². The largest absolute Gasteiger partial charge is 0.493 e. The molecular formula is C25H32Cl2N4O4. The zero-order chi connectivity index (χ0) is 24.8. The van der Waals surface area contributed by atoms with E-state index in [4.69, 9.17) is 32.7 Å². The number of benzene rings is 1. The van der Waals surface area contributed by atoms with E-state index < -0.39 is 0 Å². The van der Waals surface area contributed by atoms with Gasteiger partial charge in [-0.1, -0.05) is 36.2 Å². The molecule has 8 nitrogen and oxygen atoms in total. The van der Waals surface area contributed by atoms with Crippen LogP contribution >= 0.6 is 23.2 Å². The zero-order valence-electron chi connectivity index (χ0n) is 20.0. The van der Waals surface area contributed by atoms with Crippen molar-refractivity contribution >= 4 is 35.0 Å². The third kappa shape index (κ3) is 6.48. The minimum Gasteiger partial charge on any atom is -0.493 e. The van der Waals surface area contributed by atoms with Crippen LogP contribution in [-0.2, 0) is 16.1 Å². The van der Waals surface area contributed by atoms with Crippen molar-refractivity contribution in [3.05, 3.63) is 46.2 Å². The van der Waals surface area contributed by atoms with Crippen molar-refractivity contribution in [1.29, 1.82) is 0 Å². The summed E-state index contributed by atoms with van der Waals surface area (Å²) in [6.07, 6.45) is 4.25. The van der Waals surface area contributed by atoms with Crippen LogP contribution in [0.3, 0.4) is 0 Å². The van der Waals surface area contributed by atoms with Crippen molar-refractivity contribution in [2.24, 2.45) is 5.41 Å². The van der Waals surface area contributed by atoms with E-state index in [9.17, 15) is 9.59 Å². The van der Waals surface area contributed by atoms with Crippen LogP contribution in [0.1, 0.15) is 43.1 Å². The average Bonchev–Trinajstić information content (AvgIpc) is 3.23. The number of morpholine rings is 1.